The van der Waals surface area contributed by atoms with Gasteiger partial charge in [-0.05, 0) is 39.0 Å². The fourth-order valence-corrected chi connectivity index (χ4v) is 4.41. The van der Waals surface area contributed by atoms with E-state index in [1.54, 1.807) is 6.33 Å². The molecular weight excluding hydrogens is 368 g/mol. The SMILES string of the molecule is CCOCCCNC(=O)[C@H]1CCCN(c2ncnc3c2nc2n3CCCCC2)C1. The molecule has 4 rings (SSSR count). The van der Waals surface area contributed by atoms with Gasteiger partial charge in [-0.25, -0.2) is 15.0 Å². The zero-order valence-electron chi connectivity index (χ0n) is 17.4. The van der Waals surface area contributed by atoms with Crippen molar-refractivity contribution in [3.8, 4) is 0 Å². The first-order chi connectivity index (χ1) is 14.3. The summed E-state index contributed by atoms with van der Waals surface area (Å²) in [6, 6.07) is 0. The van der Waals surface area contributed by atoms with E-state index >= 15 is 0 Å². The van der Waals surface area contributed by atoms with E-state index in [0.717, 1.165) is 68.2 Å². The number of fused-ring (bicyclic) bond motifs is 3. The van der Waals surface area contributed by atoms with Gasteiger partial charge in [0.15, 0.2) is 17.0 Å². The molecule has 2 aromatic rings. The second-order valence-corrected chi connectivity index (χ2v) is 7.99. The minimum atomic E-state index is -0.0127. The summed E-state index contributed by atoms with van der Waals surface area (Å²) in [5.74, 6) is 2.13. The number of rotatable bonds is 7. The van der Waals surface area contributed by atoms with Gasteiger partial charge in [0.25, 0.3) is 0 Å². The first-order valence-electron chi connectivity index (χ1n) is 11.1. The largest absolute Gasteiger partial charge is 0.382 e. The number of aryl methyl sites for hydroxylation is 2. The average molecular weight is 401 g/mol. The highest BCUT2D eigenvalue weighted by Crippen LogP contribution is 2.29. The lowest BCUT2D eigenvalue weighted by atomic mass is 9.97. The Hall–Kier alpha value is -2.22. The standard InChI is InChI=1S/C21H32N6O2/c1-2-29-13-7-10-22-21(28)16-8-6-11-26(14-16)19-18-20(24-15-23-19)27-12-5-3-4-9-17(27)25-18/h15-16H,2-14H2,1H3,(H,22,28)/t16-/m0/s1. The summed E-state index contributed by atoms with van der Waals surface area (Å²) in [5.41, 5.74) is 1.83. The van der Waals surface area contributed by atoms with Crippen molar-refractivity contribution >= 4 is 22.9 Å². The zero-order valence-corrected chi connectivity index (χ0v) is 17.4. The molecule has 8 nitrogen and oxygen atoms in total. The molecule has 2 aliphatic rings. The quantitative estimate of drug-likeness (QED) is 0.718. The Labute approximate surface area is 172 Å². The van der Waals surface area contributed by atoms with Gasteiger partial charge < -0.3 is 19.5 Å². The molecule has 0 aromatic carbocycles. The number of nitrogens with one attached hydrogen (secondary N) is 1. The van der Waals surface area contributed by atoms with Gasteiger partial charge in [-0.1, -0.05) is 6.42 Å². The molecule has 0 spiro atoms. The van der Waals surface area contributed by atoms with Crippen LogP contribution in [0.2, 0.25) is 0 Å². The number of carbonyl (C=O) groups excluding carboxylic acids is 1. The smallest absolute Gasteiger partial charge is 0.224 e. The second kappa shape index (κ2) is 9.52. The van der Waals surface area contributed by atoms with Crippen LogP contribution in [0, 0.1) is 5.92 Å². The van der Waals surface area contributed by atoms with Crippen molar-refractivity contribution in [3.63, 3.8) is 0 Å². The summed E-state index contributed by atoms with van der Waals surface area (Å²) in [5, 5.41) is 3.07. The molecule has 0 saturated carbocycles. The highest BCUT2D eigenvalue weighted by atomic mass is 16.5. The molecular formula is C21H32N6O2. The van der Waals surface area contributed by atoms with Crippen molar-refractivity contribution in [3.05, 3.63) is 12.2 Å². The molecule has 2 aromatic heterocycles. The Kier molecular flexibility index (Phi) is 6.59. The normalized spacial score (nSPS) is 19.8. The van der Waals surface area contributed by atoms with Gasteiger partial charge in [0.1, 0.15) is 12.2 Å². The van der Waals surface area contributed by atoms with Crippen molar-refractivity contribution in [2.45, 2.75) is 58.4 Å². The second-order valence-electron chi connectivity index (χ2n) is 7.99. The van der Waals surface area contributed by atoms with E-state index in [1.807, 2.05) is 6.92 Å². The van der Waals surface area contributed by atoms with Gasteiger partial charge in [-0.2, -0.15) is 0 Å². The number of imidazole rings is 1. The summed E-state index contributed by atoms with van der Waals surface area (Å²) in [4.78, 5) is 28.9. The molecule has 29 heavy (non-hydrogen) atoms. The Balaban J connectivity index is 1.46. The lowest BCUT2D eigenvalue weighted by Crippen LogP contribution is -2.43. The third kappa shape index (κ3) is 4.52. The lowest BCUT2D eigenvalue weighted by Gasteiger charge is -2.32. The molecule has 0 bridgehead atoms. The number of nitrogens with zero attached hydrogens (tertiary/aromatic N) is 5. The topological polar surface area (TPSA) is 85.2 Å². The molecule has 0 unspecified atom stereocenters. The summed E-state index contributed by atoms with van der Waals surface area (Å²) in [6.45, 7) is 6.63. The molecule has 1 amide bonds. The molecule has 1 saturated heterocycles. The van der Waals surface area contributed by atoms with Crippen molar-refractivity contribution in [1.29, 1.82) is 0 Å². The van der Waals surface area contributed by atoms with E-state index in [4.69, 9.17) is 9.72 Å². The van der Waals surface area contributed by atoms with Crippen molar-refractivity contribution < 1.29 is 9.53 Å². The Morgan fingerprint density at radius 1 is 1.24 bits per heavy atom. The van der Waals surface area contributed by atoms with Gasteiger partial charge in [0.2, 0.25) is 5.91 Å². The maximum atomic E-state index is 12.6. The van der Waals surface area contributed by atoms with Gasteiger partial charge >= 0.3 is 0 Å². The molecule has 158 valence electrons. The minimum absolute atomic E-state index is 0.0127. The van der Waals surface area contributed by atoms with E-state index in [2.05, 4.69) is 24.8 Å². The van der Waals surface area contributed by atoms with Crippen LogP contribution in [0.25, 0.3) is 11.2 Å². The van der Waals surface area contributed by atoms with Crippen molar-refractivity contribution in [2.24, 2.45) is 5.92 Å². The highest BCUT2D eigenvalue weighted by molar-refractivity contribution is 5.85. The maximum Gasteiger partial charge on any atom is 0.224 e. The maximum absolute atomic E-state index is 12.6. The van der Waals surface area contributed by atoms with Crippen LogP contribution in [-0.4, -0.2) is 58.3 Å². The van der Waals surface area contributed by atoms with Crippen LogP contribution in [0.1, 0.15) is 51.3 Å². The van der Waals surface area contributed by atoms with Crippen molar-refractivity contribution in [2.75, 3.05) is 37.7 Å². The van der Waals surface area contributed by atoms with Crippen LogP contribution < -0.4 is 10.2 Å². The number of amides is 1. The van der Waals surface area contributed by atoms with Crippen LogP contribution in [0.15, 0.2) is 6.33 Å². The van der Waals surface area contributed by atoms with Crippen LogP contribution >= 0.6 is 0 Å². The molecule has 0 radical (unpaired) electrons. The third-order valence-electron chi connectivity index (χ3n) is 5.93. The Bertz CT molecular complexity index is 836. The number of carbonyl (C=O) groups is 1. The van der Waals surface area contributed by atoms with Crippen LogP contribution in [0.5, 0.6) is 0 Å². The highest BCUT2D eigenvalue weighted by Gasteiger charge is 2.28. The Morgan fingerprint density at radius 2 is 2.17 bits per heavy atom. The fourth-order valence-electron chi connectivity index (χ4n) is 4.41. The van der Waals surface area contributed by atoms with Gasteiger partial charge in [0.05, 0.1) is 5.92 Å². The first-order valence-corrected chi connectivity index (χ1v) is 11.1. The first kappa shape index (κ1) is 20.1. The van der Waals surface area contributed by atoms with Crippen molar-refractivity contribution in [1.82, 2.24) is 24.8 Å². The zero-order chi connectivity index (χ0) is 20.1. The van der Waals surface area contributed by atoms with E-state index in [-0.39, 0.29) is 11.8 Å². The van der Waals surface area contributed by atoms with Crippen LogP contribution in [0.4, 0.5) is 5.82 Å². The average Bonchev–Trinajstić information content (AvgIpc) is 2.94. The minimum Gasteiger partial charge on any atom is -0.382 e. The van der Waals surface area contributed by atoms with Crippen LogP contribution in [-0.2, 0) is 22.5 Å². The van der Waals surface area contributed by atoms with E-state index in [0.29, 0.717) is 19.7 Å². The number of aromatic nitrogens is 4. The molecule has 1 atom stereocenters. The monoisotopic (exact) mass is 400 g/mol. The van der Waals surface area contributed by atoms with Crippen LogP contribution in [0.3, 0.4) is 0 Å². The lowest BCUT2D eigenvalue weighted by molar-refractivity contribution is -0.125. The molecule has 0 aliphatic carbocycles. The summed E-state index contributed by atoms with van der Waals surface area (Å²) in [6.07, 6.45) is 9.00. The van der Waals surface area contributed by atoms with Gasteiger partial charge in [-0.3, -0.25) is 4.79 Å². The predicted octanol–water partition coefficient (Wildman–Crippen LogP) is 2.31. The van der Waals surface area contributed by atoms with E-state index in [1.165, 1.54) is 19.3 Å². The molecule has 1 N–H and O–H groups in total. The number of hydrogen-bond donors (Lipinski definition) is 1. The van der Waals surface area contributed by atoms with E-state index in [9.17, 15) is 4.79 Å². The number of hydrogen-bond acceptors (Lipinski definition) is 6. The fraction of sp³-hybridized carbons (Fsp3) is 0.714. The third-order valence-corrected chi connectivity index (χ3v) is 5.93. The Morgan fingerprint density at radius 3 is 3.07 bits per heavy atom. The molecule has 1 fully saturated rings. The number of ether oxygens (including phenoxy) is 1. The number of piperidine rings is 1. The summed E-state index contributed by atoms with van der Waals surface area (Å²) >= 11 is 0. The van der Waals surface area contributed by atoms with Gasteiger partial charge in [-0.15, -0.1) is 0 Å². The molecule has 8 heteroatoms. The molecule has 2 aliphatic heterocycles. The summed E-state index contributed by atoms with van der Waals surface area (Å²) in [7, 11) is 0. The van der Waals surface area contributed by atoms with Gasteiger partial charge in [0, 0.05) is 45.8 Å². The van der Waals surface area contributed by atoms with E-state index < -0.39 is 0 Å². The predicted molar refractivity (Wildman–Crippen MR) is 112 cm³/mol. The number of anilines is 1. The molecule has 4 heterocycles. The summed E-state index contributed by atoms with van der Waals surface area (Å²) < 4.78 is 7.60.